The molecule has 0 saturated carbocycles. The molecule has 2 rings (SSSR count). The van der Waals surface area contributed by atoms with Crippen molar-refractivity contribution in [2.24, 2.45) is 0 Å². The number of nitrogens with zero attached hydrogens (tertiary/aromatic N) is 3. The van der Waals surface area contributed by atoms with Gasteiger partial charge in [-0.3, -0.25) is 5.10 Å². The number of fused-ring (bicyclic) bond motifs is 1. The van der Waals surface area contributed by atoms with Crippen LogP contribution in [0.15, 0.2) is 6.20 Å². The van der Waals surface area contributed by atoms with Crippen LogP contribution in [0.25, 0.3) is 11.0 Å². The summed E-state index contributed by atoms with van der Waals surface area (Å²) in [5.74, 6) is 0.978. The van der Waals surface area contributed by atoms with Crippen LogP contribution < -0.4 is 10.1 Å². The molecule has 2 heterocycles. The average molecular weight is 281 g/mol. The molecule has 0 aliphatic carbocycles. The molecule has 0 bridgehead atoms. The molecule has 0 unspecified atom stereocenters. The largest absolute Gasteiger partial charge is 0.475 e. The Morgan fingerprint density at radius 3 is 2.90 bits per heavy atom. The minimum atomic E-state index is 0.424. The highest BCUT2D eigenvalue weighted by atomic mass is 16.5. The number of aromatic amines is 1. The average Bonchev–Trinajstić information content (AvgIpc) is 2.94. The lowest BCUT2D eigenvalue weighted by Crippen LogP contribution is -2.10. The van der Waals surface area contributed by atoms with Crippen molar-refractivity contribution in [2.45, 2.75) is 6.42 Å². The summed E-state index contributed by atoms with van der Waals surface area (Å²) in [6.07, 6.45) is 2.52. The van der Waals surface area contributed by atoms with Crippen molar-refractivity contribution in [3.8, 4) is 5.88 Å². The highest BCUT2D eigenvalue weighted by Crippen LogP contribution is 2.21. The predicted molar refractivity (Wildman–Crippen MR) is 74.0 cm³/mol. The third kappa shape index (κ3) is 3.78. The maximum atomic E-state index is 5.62. The second kappa shape index (κ2) is 7.61. The molecule has 0 aliphatic rings. The number of methoxy groups -OCH3 is 1. The van der Waals surface area contributed by atoms with E-state index in [-0.39, 0.29) is 0 Å². The Balaban J connectivity index is 1.84. The SMILES string of the molecule is CNc1nc(OCCOCCCOC)c2cn[nH]c2n1. The number of hydrogen-bond donors (Lipinski definition) is 2. The van der Waals surface area contributed by atoms with E-state index >= 15 is 0 Å². The molecule has 110 valence electrons. The van der Waals surface area contributed by atoms with Crippen LogP contribution in [-0.4, -0.2) is 60.8 Å². The van der Waals surface area contributed by atoms with Crippen molar-refractivity contribution in [3.05, 3.63) is 6.20 Å². The zero-order valence-electron chi connectivity index (χ0n) is 11.7. The van der Waals surface area contributed by atoms with Crippen molar-refractivity contribution in [3.63, 3.8) is 0 Å². The van der Waals surface area contributed by atoms with Crippen LogP contribution in [0.4, 0.5) is 5.95 Å². The number of ether oxygens (including phenoxy) is 3. The second-order valence-corrected chi connectivity index (χ2v) is 4.04. The number of H-pyrrole nitrogens is 1. The second-order valence-electron chi connectivity index (χ2n) is 4.04. The van der Waals surface area contributed by atoms with E-state index in [0.717, 1.165) is 11.8 Å². The zero-order chi connectivity index (χ0) is 14.2. The van der Waals surface area contributed by atoms with Gasteiger partial charge in [0.2, 0.25) is 11.8 Å². The minimum Gasteiger partial charge on any atom is -0.475 e. The Bertz CT molecular complexity index is 531. The quantitative estimate of drug-likeness (QED) is 0.657. The zero-order valence-corrected chi connectivity index (χ0v) is 11.7. The van der Waals surface area contributed by atoms with Crippen molar-refractivity contribution in [1.29, 1.82) is 0 Å². The molecule has 0 aliphatic heterocycles. The molecule has 2 N–H and O–H groups in total. The molecule has 2 aromatic rings. The Kier molecular flexibility index (Phi) is 5.51. The summed E-state index contributed by atoms with van der Waals surface area (Å²) in [4.78, 5) is 8.49. The van der Waals surface area contributed by atoms with Crippen molar-refractivity contribution >= 4 is 17.0 Å². The minimum absolute atomic E-state index is 0.424. The number of hydrogen-bond acceptors (Lipinski definition) is 7. The molecule has 2 aromatic heterocycles. The third-order valence-corrected chi connectivity index (χ3v) is 2.60. The topological polar surface area (TPSA) is 94.2 Å². The van der Waals surface area contributed by atoms with Crippen LogP contribution in [0.1, 0.15) is 6.42 Å². The van der Waals surface area contributed by atoms with E-state index in [1.807, 2.05) is 0 Å². The lowest BCUT2D eigenvalue weighted by atomic mass is 10.4. The first-order chi connectivity index (χ1) is 9.85. The van der Waals surface area contributed by atoms with Gasteiger partial charge in [0.15, 0.2) is 5.65 Å². The van der Waals surface area contributed by atoms with E-state index in [9.17, 15) is 0 Å². The fourth-order valence-electron chi connectivity index (χ4n) is 1.63. The van der Waals surface area contributed by atoms with Gasteiger partial charge in [-0.05, 0) is 6.42 Å². The molecule has 0 aromatic carbocycles. The van der Waals surface area contributed by atoms with Gasteiger partial charge in [0.05, 0.1) is 12.8 Å². The molecule has 0 fully saturated rings. The molecule has 20 heavy (non-hydrogen) atoms. The predicted octanol–water partition coefficient (Wildman–Crippen LogP) is 0.826. The number of rotatable bonds is 9. The number of nitrogens with one attached hydrogen (secondary N) is 2. The standard InChI is InChI=1S/C12H19N5O3/c1-13-12-15-10-9(8-14-17-10)11(16-12)20-7-6-19-5-3-4-18-2/h8H,3-7H2,1-2H3,(H2,13,14,15,16,17). The summed E-state index contributed by atoms with van der Waals surface area (Å²) >= 11 is 0. The Labute approximate surface area is 116 Å². The normalized spacial score (nSPS) is 10.9. The Morgan fingerprint density at radius 2 is 2.10 bits per heavy atom. The smallest absolute Gasteiger partial charge is 0.229 e. The van der Waals surface area contributed by atoms with Crippen LogP contribution >= 0.6 is 0 Å². The maximum absolute atomic E-state index is 5.62. The summed E-state index contributed by atoms with van der Waals surface area (Å²) in [5.41, 5.74) is 0.639. The van der Waals surface area contributed by atoms with Crippen molar-refractivity contribution in [2.75, 3.05) is 45.9 Å². The van der Waals surface area contributed by atoms with Gasteiger partial charge in [0.25, 0.3) is 0 Å². The molecule has 0 atom stereocenters. The van der Waals surface area contributed by atoms with E-state index in [1.54, 1.807) is 20.4 Å². The summed E-state index contributed by atoms with van der Waals surface area (Å²) in [6, 6.07) is 0. The molecule has 0 radical (unpaired) electrons. The van der Waals surface area contributed by atoms with Crippen molar-refractivity contribution in [1.82, 2.24) is 20.2 Å². The van der Waals surface area contributed by atoms with Gasteiger partial charge < -0.3 is 19.5 Å². The Hall–Kier alpha value is -1.93. The molecule has 0 spiro atoms. The van der Waals surface area contributed by atoms with Gasteiger partial charge in [0.1, 0.15) is 12.0 Å². The van der Waals surface area contributed by atoms with Crippen LogP contribution in [0, 0.1) is 0 Å². The molecule has 8 heteroatoms. The summed E-state index contributed by atoms with van der Waals surface area (Å²) in [5, 5.41) is 10.4. The van der Waals surface area contributed by atoms with E-state index in [0.29, 0.717) is 43.9 Å². The lowest BCUT2D eigenvalue weighted by molar-refractivity contribution is 0.0800. The van der Waals surface area contributed by atoms with Gasteiger partial charge in [-0.1, -0.05) is 0 Å². The van der Waals surface area contributed by atoms with E-state index in [1.165, 1.54) is 0 Å². The van der Waals surface area contributed by atoms with E-state index < -0.39 is 0 Å². The van der Waals surface area contributed by atoms with Crippen molar-refractivity contribution < 1.29 is 14.2 Å². The van der Waals surface area contributed by atoms with Crippen LogP contribution in [0.3, 0.4) is 0 Å². The first kappa shape index (κ1) is 14.5. The fraction of sp³-hybridized carbons (Fsp3) is 0.583. The molecular formula is C12H19N5O3. The lowest BCUT2D eigenvalue weighted by Gasteiger charge is -2.08. The first-order valence-electron chi connectivity index (χ1n) is 6.43. The molecule has 8 nitrogen and oxygen atoms in total. The van der Waals surface area contributed by atoms with Crippen LogP contribution in [0.5, 0.6) is 5.88 Å². The highest BCUT2D eigenvalue weighted by Gasteiger charge is 2.09. The number of aromatic nitrogens is 4. The van der Waals surface area contributed by atoms with Crippen LogP contribution in [0.2, 0.25) is 0 Å². The summed E-state index contributed by atoms with van der Waals surface area (Å²) in [6.45, 7) is 2.28. The van der Waals surface area contributed by atoms with Gasteiger partial charge >= 0.3 is 0 Å². The molecular weight excluding hydrogens is 262 g/mol. The number of anilines is 1. The summed E-state index contributed by atoms with van der Waals surface area (Å²) in [7, 11) is 3.42. The van der Waals surface area contributed by atoms with Gasteiger partial charge in [-0.25, -0.2) is 0 Å². The van der Waals surface area contributed by atoms with Gasteiger partial charge in [0, 0.05) is 27.4 Å². The third-order valence-electron chi connectivity index (χ3n) is 2.60. The van der Waals surface area contributed by atoms with Crippen LogP contribution in [-0.2, 0) is 9.47 Å². The van der Waals surface area contributed by atoms with Gasteiger partial charge in [-0.15, -0.1) is 0 Å². The monoisotopic (exact) mass is 281 g/mol. The molecule has 0 saturated heterocycles. The summed E-state index contributed by atoms with van der Waals surface area (Å²) < 4.78 is 16.0. The Morgan fingerprint density at radius 1 is 1.20 bits per heavy atom. The fourth-order valence-corrected chi connectivity index (χ4v) is 1.63. The van der Waals surface area contributed by atoms with Gasteiger partial charge in [-0.2, -0.15) is 15.1 Å². The van der Waals surface area contributed by atoms with E-state index in [2.05, 4.69) is 25.5 Å². The molecule has 0 amide bonds. The maximum Gasteiger partial charge on any atom is 0.229 e. The highest BCUT2D eigenvalue weighted by molar-refractivity contribution is 5.80. The van der Waals surface area contributed by atoms with E-state index in [4.69, 9.17) is 14.2 Å². The first-order valence-corrected chi connectivity index (χ1v) is 6.43.